The molecule has 7 heteroatoms. The first-order valence-electron chi connectivity index (χ1n) is 4.97. The van der Waals surface area contributed by atoms with Crippen molar-refractivity contribution in [1.29, 1.82) is 0 Å². The molecular formula is C11H8BrFN2O2S. The van der Waals surface area contributed by atoms with Crippen molar-refractivity contribution in [3.8, 4) is 0 Å². The molecule has 1 heterocycles. The van der Waals surface area contributed by atoms with Gasteiger partial charge in [0.1, 0.15) is 5.82 Å². The molecule has 0 spiro atoms. The summed E-state index contributed by atoms with van der Waals surface area (Å²) >= 11 is 4.18. The SMILES string of the molecule is O=[N+]([O-])c1cc(CNc2ccc(F)c(Br)c2)cs1. The molecule has 2 aromatic rings. The molecule has 4 nitrogen and oxygen atoms in total. The van der Waals surface area contributed by atoms with E-state index in [1.807, 2.05) is 0 Å². The van der Waals surface area contributed by atoms with Gasteiger partial charge in [0.2, 0.25) is 0 Å². The molecule has 0 fully saturated rings. The molecular weight excluding hydrogens is 323 g/mol. The molecule has 0 radical (unpaired) electrons. The number of nitrogens with one attached hydrogen (secondary N) is 1. The largest absolute Gasteiger partial charge is 0.381 e. The van der Waals surface area contributed by atoms with Crippen LogP contribution in [0.25, 0.3) is 0 Å². The predicted octanol–water partition coefficient (Wildman–Crippen LogP) is 4.17. The van der Waals surface area contributed by atoms with Gasteiger partial charge >= 0.3 is 5.00 Å². The summed E-state index contributed by atoms with van der Waals surface area (Å²) in [6.45, 7) is 0.461. The monoisotopic (exact) mass is 330 g/mol. The van der Waals surface area contributed by atoms with E-state index in [2.05, 4.69) is 21.2 Å². The number of rotatable bonds is 4. The summed E-state index contributed by atoms with van der Waals surface area (Å²) in [4.78, 5) is 10.1. The highest BCUT2D eigenvalue weighted by Gasteiger charge is 2.09. The molecule has 0 aliphatic heterocycles. The molecule has 0 unspecified atom stereocenters. The molecule has 2 rings (SSSR count). The molecule has 1 N–H and O–H groups in total. The van der Waals surface area contributed by atoms with Gasteiger partial charge in [0.25, 0.3) is 0 Å². The Balaban J connectivity index is 2.02. The maximum Gasteiger partial charge on any atom is 0.324 e. The number of thiophene rings is 1. The van der Waals surface area contributed by atoms with Crippen LogP contribution in [0.3, 0.4) is 0 Å². The summed E-state index contributed by atoms with van der Waals surface area (Å²) in [6, 6.07) is 6.11. The molecule has 0 saturated heterocycles. The maximum atomic E-state index is 13.0. The Bertz CT molecular complexity index is 588. The van der Waals surface area contributed by atoms with Crippen LogP contribution in [0.2, 0.25) is 0 Å². The Hall–Kier alpha value is -1.47. The Kier molecular flexibility index (Phi) is 3.93. The van der Waals surface area contributed by atoms with Gasteiger partial charge in [-0.05, 0) is 39.7 Å². The van der Waals surface area contributed by atoms with Crippen LogP contribution < -0.4 is 5.32 Å². The Morgan fingerprint density at radius 3 is 2.83 bits per heavy atom. The quantitative estimate of drug-likeness (QED) is 0.676. The number of halogens is 2. The molecule has 0 aliphatic carbocycles. The van der Waals surface area contributed by atoms with Gasteiger partial charge in [0.05, 0.1) is 9.40 Å². The molecule has 0 saturated carbocycles. The van der Waals surface area contributed by atoms with E-state index >= 15 is 0 Å². The zero-order chi connectivity index (χ0) is 13.1. The van der Waals surface area contributed by atoms with Crippen LogP contribution in [-0.4, -0.2) is 4.92 Å². The van der Waals surface area contributed by atoms with Gasteiger partial charge in [-0.25, -0.2) is 4.39 Å². The fraction of sp³-hybridized carbons (Fsp3) is 0.0909. The van der Waals surface area contributed by atoms with Crippen molar-refractivity contribution < 1.29 is 9.31 Å². The fourth-order valence-corrected chi connectivity index (χ4v) is 2.47. The molecule has 18 heavy (non-hydrogen) atoms. The zero-order valence-corrected chi connectivity index (χ0v) is 11.4. The van der Waals surface area contributed by atoms with E-state index in [0.29, 0.717) is 11.0 Å². The van der Waals surface area contributed by atoms with E-state index in [1.54, 1.807) is 17.5 Å². The zero-order valence-electron chi connectivity index (χ0n) is 9.02. The average Bonchev–Trinajstić information content (AvgIpc) is 2.79. The number of nitrogens with zero attached hydrogens (tertiary/aromatic N) is 1. The smallest absolute Gasteiger partial charge is 0.324 e. The van der Waals surface area contributed by atoms with Crippen molar-refractivity contribution in [2.24, 2.45) is 0 Å². The van der Waals surface area contributed by atoms with Crippen molar-refractivity contribution in [3.05, 3.63) is 55.6 Å². The van der Waals surface area contributed by atoms with Gasteiger partial charge in [-0.1, -0.05) is 11.3 Å². The summed E-state index contributed by atoms with van der Waals surface area (Å²) < 4.78 is 13.4. The molecule has 0 bridgehead atoms. The summed E-state index contributed by atoms with van der Waals surface area (Å²) in [6.07, 6.45) is 0. The van der Waals surface area contributed by atoms with Crippen LogP contribution in [0, 0.1) is 15.9 Å². The van der Waals surface area contributed by atoms with Crippen LogP contribution in [0.1, 0.15) is 5.56 Å². The van der Waals surface area contributed by atoms with Gasteiger partial charge in [-0.2, -0.15) is 0 Å². The lowest BCUT2D eigenvalue weighted by molar-refractivity contribution is -0.380. The van der Waals surface area contributed by atoms with E-state index in [0.717, 1.165) is 22.6 Å². The first-order valence-corrected chi connectivity index (χ1v) is 6.64. The third-order valence-electron chi connectivity index (χ3n) is 2.24. The highest BCUT2D eigenvalue weighted by molar-refractivity contribution is 9.10. The van der Waals surface area contributed by atoms with Gasteiger partial charge in [0, 0.05) is 23.7 Å². The maximum absolute atomic E-state index is 13.0. The third kappa shape index (κ3) is 3.05. The molecule has 1 aromatic heterocycles. The topological polar surface area (TPSA) is 55.2 Å². The van der Waals surface area contributed by atoms with E-state index in [1.165, 1.54) is 12.1 Å². The highest BCUT2D eigenvalue weighted by atomic mass is 79.9. The molecule has 94 valence electrons. The summed E-state index contributed by atoms with van der Waals surface area (Å²) in [5, 5.41) is 15.4. The fourth-order valence-electron chi connectivity index (χ4n) is 1.36. The van der Waals surface area contributed by atoms with E-state index in [-0.39, 0.29) is 10.8 Å². The Morgan fingerprint density at radius 2 is 2.22 bits per heavy atom. The van der Waals surface area contributed by atoms with Crippen molar-refractivity contribution in [2.45, 2.75) is 6.54 Å². The van der Waals surface area contributed by atoms with E-state index in [9.17, 15) is 14.5 Å². The Morgan fingerprint density at radius 1 is 1.44 bits per heavy atom. The minimum atomic E-state index is -0.414. The van der Waals surface area contributed by atoms with Crippen molar-refractivity contribution in [2.75, 3.05) is 5.32 Å². The highest BCUT2D eigenvalue weighted by Crippen LogP contribution is 2.24. The van der Waals surface area contributed by atoms with Crippen molar-refractivity contribution in [3.63, 3.8) is 0 Å². The number of nitro groups is 1. The second-order valence-corrected chi connectivity index (χ2v) is 5.28. The summed E-state index contributed by atoms with van der Waals surface area (Å²) in [5.41, 5.74) is 1.57. The normalized spacial score (nSPS) is 10.3. The standard InChI is InChI=1S/C11H8BrFN2O2S/c12-9-4-8(1-2-10(9)13)14-5-7-3-11(15(16)17)18-6-7/h1-4,6,14H,5H2. The van der Waals surface area contributed by atoms with Crippen LogP contribution in [0.5, 0.6) is 0 Å². The minimum Gasteiger partial charge on any atom is -0.381 e. The first kappa shape index (κ1) is 13.0. The van der Waals surface area contributed by atoms with Gasteiger partial charge in [0.15, 0.2) is 0 Å². The minimum absolute atomic E-state index is 0.118. The van der Waals surface area contributed by atoms with Gasteiger partial charge in [-0.15, -0.1) is 0 Å². The lowest BCUT2D eigenvalue weighted by Gasteiger charge is -2.05. The van der Waals surface area contributed by atoms with E-state index < -0.39 is 4.92 Å². The summed E-state index contributed by atoms with van der Waals surface area (Å²) in [7, 11) is 0. The number of hydrogen-bond donors (Lipinski definition) is 1. The van der Waals surface area contributed by atoms with Crippen molar-refractivity contribution in [1.82, 2.24) is 0 Å². The van der Waals surface area contributed by atoms with Crippen LogP contribution in [0.15, 0.2) is 34.1 Å². The second kappa shape index (κ2) is 5.45. The van der Waals surface area contributed by atoms with E-state index in [4.69, 9.17) is 0 Å². The third-order valence-corrected chi connectivity index (χ3v) is 3.77. The average molecular weight is 331 g/mol. The molecule has 0 aliphatic rings. The Labute approximate surface area is 115 Å². The lowest BCUT2D eigenvalue weighted by atomic mass is 10.3. The number of hydrogen-bond acceptors (Lipinski definition) is 4. The second-order valence-electron chi connectivity index (χ2n) is 3.53. The van der Waals surface area contributed by atoms with Crippen LogP contribution in [0.4, 0.5) is 15.1 Å². The number of anilines is 1. The van der Waals surface area contributed by atoms with Crippen LogP contribution >= 0.6 is 27.3 Å². The van der Waals surface area contributed by atoms with Gasteiger partial charge < -0.3 is 5.32 Å². The summed E-state index contributed by atoms with van der Waals surface area (Å²) in [5.74, 6) is -0.327. The van der Waals surface area contributed by atoms with Gasteiger partial charge in [-0.3, -0.25) is 10.1 Å². The molecule has 0 atom stereocenters. The van der Waals surface area contributed by atoms with Crippen LogP contribution in [-0.2, 0) is 6.54 Å². The lowest BCUT2D eigenvalue weighted by Crippen LogP contribution is -1.98. The predicted molar refractivity (Wildman–Crippen MR) is 72.4 cm³/mol. The molecule has 1 aromatic carbocycles. The number of benzene rings is 1. The van der Waals surface area contributed by atoms with Crippen molar-refractivity contribution >= 4 is 38.0 Å². The first-order chi connectivity index (χ1) is 8.56. The molecule has 0 amide bonds.